The standard InChI is InChI=1S/C34H44O6/c1-20(2)8-7-9-21(3)10-13-25-26(35)15-23(16-27(25)36)12-11-22-14-24-18-30-33(4,5)32(39)29(38)19-34(30,6)40-31(24)28(37)17-22/h8,10-12,14-17,29-30,32,35-39H,7,9,13,18-19H2,1-6H3/b12-11+,21-10+/t29-,30?,32-,34-/m1/s1. The largest absolute Gasteiger partial charge is 0.507 e. The van der Waals surface area contributed by atoms with Crippen LogP contribution in [-0.4, -0.2) is 43.3 Å². The van der Waals surface area contributed by atoms with Crippen molar-refractivity contribution in [3.63, 3.8) is 0 Å². The maximum Gasteiger partial charge on any atom is 0.164 e. The Balaban J connectivity index is 1.53. The summed E-state index contributed by atoms with van der Waals surface area (Å²) in [7, 11) is 0. The predicted octanol–water partition coefficient (Wildman–Crippen LogP) is 6.67. The van der Waals surface area contributed by atoms with Gasteiger partial charge in [-0.05, 0) is 94.3 Å². The number of aromatic hydroxyl groups is 3. The monoisotopic (exact) mass is 548 g/mol. The van der Waals surface area contributed by atoms with Gasteiger partial charge in [-0.25, -0.2) is 0 Å². The summed E-state index contributed by atoms with van der Waals surface area (Å²) in [6.45, 7) is 12.1. The summed E-state index contributed by atoms with van der Waals surface area (Å²) >= 11 is 0. The number of aliphatic hydroxyl groups is 2. The second-order valence-corrected chi connectivity index (χ2v) is 12.7. The number of aliphatic hydroxyl groups excluding tert-OH is 2. The van der Waals surface area contributed by atoms with Gasteiger partial charge in [0.2, 0.25) is 0 Å². The first-order valence-electron chi connectivity index (χ1n) is 14.1. The lowest BCUT2D eigenvalue weighted by Crippen LogP contribution is -2.63. The molecule has 0 spiro atoms. The average Bonchev–Trinajstić information content (AvgIpc) is 2.85. The van der Waals surface area contributed by atoms with Gasteiger partial charge in [0.25, 0.3) is 0 Å². The van der Waals surface area contributed by atoms with Crippen LogP contribution < -0.4 is 4.74 Å². The summed E-state index contributed by atoms with van der Waals surface area (Å²) in [5.41, 5.74) is 3.92. The van der Waals surface area contributed by atoms with Gasteiger partial charge >= 0.3 is 0 Å². The zero-order valence-electron chi connectivity index (χ0n) is 24.5. The first kappa shape index (κ1) is 29.8. The van der Waals surface area contributed by atoms with Crippen molar-refractivity contribution < 1.29 is 30.3 Å². The van der Waals surface area contributed by atoms with Crippen LogP contribution in [0.1, 0.15) is 83.1 Å². The summed E-state index contributed by atoms with van der Waals surface area (Å²) < 4.78 is 6.32. The minimum atomic E-state index is -0.894. The van der Waals surface area contributed by atoms with Gasteiger partial charge in [-0.1, -0.05) is 49.3 Å². The fourth-order valence-electron chi connectivity index (χ4n) is 6.39. The molecule has 4 atom stereocenters. The fraction of sp³-hybridized carbons (Fsp3) is 0.471. The van der Waals surface area contributed by atoms with E-state index in [2.05, 4.69) is 26.8 Å². The quantitative estimate of drug-likeness (QED) is 0.195. The van der Waals surface area contributed by atoms with Crippen LogP contribution in [0.3, 0.4) is 0 Å². The number of phenols is 3. The molecular weight excluding hydrogens is 504 g/mol. The third-order valence-corrected chi connectivity index (χ3v) is 8.74. The molecule has 2 aliphatic rings. The van der Waals surface area contributed by atoms with Gasteiger partial charge in [0, 0.05) is 23.3 Å². The maximum atomic E-state index is 10.8. The summed E-state index contributed by atoms with van der Waals surface area (Å²) in [6, 6.07) is 6.83. The molecule has 1 saturated carbocycles. The van der Waals surface area contributed by atoms with E-state index in [4.69, 9.17) is 4.74 Å². The Hall–Kier alpha value is -3.22. The lowest BCUT2D eigenvalue weighted by molar-refractivity contribution is -0.187. The van der Waals surface area contributed by atoms with Crippen LogP contribution in [-0.2, 0) is 12.8 Å². The van der Waals surface area contributed by atoms with Crippen molar-refractivity contribution in [3.05, 3.63) is 69.8 Å². The average molecular weight is 549 g/mol. The number of hydrogen-bond donors (Lipinski definition) is 5. The summed E-state index contributed by atoms with van der Waals surface area (Å²) in [5, 5.41) is 53.3. The highest BCUT2D eigenvalue weighted by atomic mass is 16.5. The van der Waals surface area contributed by atoms with E-state index in [-0.39, 0.29) is 29.6 Å². The molecule has 5 N–H and O–H groups in total. The third-order valence-electron chi connectivity index (χ3n) is 8.74. The summed E-state index contributed by atoms with van der Waals surface area (Å²) in [4.78, 5) is 0. The highest BCUT2D eigenvalue weighted by Crippen LogP contribution is 2.54. The highest BCUT2D eigenvalue weighted by Gasteiger charge is 2.58. The molecule has 4 rings (SSSR count). The van der Waals surface area contributed by atoms with Gasteiger partial charge < -0.3 is 30.3 Å². The number of fused-ring (bicyclic) bond motifs is 2. The fourth-order valence-corrected chi connectivity index (χ4v) is 6.39. The van der Waals surface area contributed by atoms with Crippen molar-refractivity contribution in [1.82, 2.24) is 0 Å². The van der Waals surface area contributed by atoms with Crippen LogP contribution in [0.25, 0.3) is 12.2 Å². The molecule has 6 heteroatoms. The number of phenolic OH excluding ortho intramolecular Hbond substituents is 3. The minimum absolute atomic E-state index is 0.0167. The number of hydrogen-bond acceptors (Lipinski definition) is 6. The second kappa shape index (κ2) is 11.3. The van der Waals surface area contributed by atoms with Crippen molar-refractivity contribution in [2.45, 2.75) is 91.5 Å². The van der Waals surface area contributed by atoms with E-state index in [1.807, 2.05) is 39.0 Å². The molecule has 2 aromatic carbocycles. The number of rotatable bonds is 7. The first-order valence-corrected chi connectivity index (χ1v) is 14.1. The lowest BCUT2D eigenvalue weighted by atomic mass is 9.57. The van der Waals surface area contributed by atoms with Crippen LogP contribution >= 0.6 is 0 Å². The van der Waals surface area contributed by atoms with Crippen molar-refractivity contribution >= 4 is 12.2 Å². The minimum Gasteiger partial charge on any atom is -0.507 e. The van der Waals surface area contributed by atoms with Gasteiger partial charge in [0.05, 0.1) is 12.2 Å². The Bertz CT molecular complexity index is 1320. The molecule has 0 aromatic heterocycles. The first-order chi connectivity index (χ1) is 18.7. The van der Waals surface area contributed by atoms with Crippen LogP contribution in [0.15, 0.2) is 47.6 Å². The Labute approximate surface area is 238 Å². The highest BCUT2D eigenvalue weighted by molar-refractivity contribution is 5.73. The SMILES string of the molecule is CC(C)=CCC/C(C)=C/Cc1c(O)cc(/C=C/c2cc(O)c3c(c2)CC2C(C)(C)[C@H](O)[C@H](O)C[C@@]2(C)O3)cc1O. The predicted molar refractivity (Wildman–Crippen MR) is 160 cm³/mol. The molecule has 1 unspecified atom stereocenters. The van der Waals surface area contributed by atoms with Crippen molar-refractivity contribution in [2.75, 3.05) is 0 Å². The summed E-state index contributed by atoms with van der Waals surface area (Å²) in [5.74, 6) is 0.446. The molecule has 40 heavy (non-hydrogen) atoms. The van der Waals surface area contributed by atoms with E-state index in [1.165, 1.54) is 11.1 Å². The van der Waals surface area contributed by atoms with Crippen LogP contribution in [0, 0.1) is 11.3 Å². The van der Waals surface area contributed by atoms with Gasteiger partial charge in [0.1, 0.15) is 17.1 Å². The van der Waals surface area contributed by atoms with Crippen LogP contribution in [0.2, 0.25) is 0 Å². The molecule has 0 bridgehead atoms. The molecular formula is C34H44O6. The zero-order chi connectivity index (χ0) is 29.4. The number of benzene rings is 2. The van der Waals surface area contributed by atoms with E-state index in [0.29, 0.717) is 29.7 Å². The van der Waals surface area contributed by atoms with Crippen LogP contribution in [0.4, 0.5) is 0 Å². The van der Waals surface area contributed by atoms with Gasteiger partial charge in [-0.15, -0.1) is 0 Å². The molecule has 0 saturated heterocycles. The lowest BCUT2D eigenvalue weighted by Gasteiger charge is -2.56. The second-order valence-electron chi connectivity index (χ2n) is 12.7. The van der Waals surface area contributed by atoms with E-state index in [1.54, 1.807) is 24.3 Å². The van der Waals surface area contributed by atoms with Gasteiger partial charge in [-0.3, -0.25) is 0 Å². The molecule has 0 amide bonds. The molecule has 2 aromatic rings. The van der Waals surface area contributed by atoms with Crippen molar-refractivity contribution in [1.29, 1.82) is 0 Å². The van der Waals surface area contributed by atoms with E-state index < -0.39 is 23.2 Å². The molecule has 1 heterocycles. The Morgan fingerprint density at radius 1 is 0.900 bits per heavy atom. The van der Waals surface area contributed by atoms with E-state index in [0.717, 1.165) is 24.0 Å². The number of ether oxygens (including phenoxy) is 1. The molecule has 1 aliphatic carbocycles. The smallest absolute Gasteiger partial charge is 0.164 e. The van der Waals surface area contributed by atoms with Gasteiger partial charge in [0.15, 0.2) is 11.5 Å². The Morgan fingerprint density at radius 2 is 1.50 bits per heavy atom. The number of allylic oxidation sites excluding steroid dienone is 4. The normalized spacial score (nSPS) is 25.7. The molecule has 6 nitrogen and oxygen atoms in total. The Morgan fingerprint density at radius 3 is 2.12 bits per heavy atom. The van der Waals surface area contributed by atoms with E-state index in [9.17, 15) is 25.5 Å². The zero-order valence-corrected chi connectivity index (χ0v) is 24.5. The third kappa shape index (κ3) is 6.08. The molecule has 0 radical (unpaired) electrons. The van der Waals surface area contributed by atoms with Crippen LogP contribution in [0.5, 0.6) is 23.0 Å². The Kier molecular flexibility index (Phi) is 8.44. The molecule has 1 aliphatic heterocycles. The van der Waals surface area contributed by atoms with Crippen molar-refractivity contribution in [3.8, 4) is 23.0 Å². The van der Waals surface area contributed by atoms with Crippen molar-refractivity contribution in [2.24, 2.45) is 11.3 Å². The summed E-state index contributed by atoms with van der Waals surface area (Å²) in [6.07, 6.45) is 9.32. The van der Waals surface area contributed by atoms with E-state index >= 15 is 0 Å². The topological polar surface area (TPSA) is 110 Å². The molecule has 216 valence electrons. The maximum absolute atomic E-state index is 10.8. The molecule has 1 fully saturated rings. The van der Waals surface area contributed by atoms with Gasteiger partial charge in [-0.2, -0.15) is 0 Å².